The van der Waals surface area contributed by atoms with Gasteiger partial charge in [0.25, 0.3) is 11.8 Å². The highest BCUT2D eigenvalue weighted by atomic mass is 32.1. The van der Waals surface area contributed by atoms with Gasteiger partial charge in [0.2, 0.25) is 11.8 Å². The molecule has 7 aromatic rings. The summed E-state index contributed by atoms with van der Waals surface area (Å²) in [6, 6.07) is 28.6. The van der Waals surface area contributed by atoms with Crippen LogP contribution in [0.4, 0.5) is 25.4 Å². The van der Waals surface area contributed by atoms with Gasteiger partial charge in [-0.3, -0.25) is 34.6 Å². The zero-order valence-electron chi connectivity index (χ0n) is 41.3. The second kappa shape index (κ2) is 20.2. The Morgan fingerprint density at radius 1 is 0.865 bits per heavy atom. The molecule has 11 rings (SSSR count). The number of benzene rings is 4. The molecular weight excluding hydrogens is 965 g/mol. The predicted molar refractivity (Wildman–Crippen MR) is 281 cm³/mol. The normalized spacial score (nSPS) is 19.6. The number of aromatic nitrogens is 4. The number of hydrogen-bond acceptors (Lipinski definition) is 12. The number of carboxylic acid groups (broad SMARTS) is 1. The van der Waals surface area contributed by atoms with Crippen LogP contribution in [0.1, 0.15) is 94.1 Å². The maximum atomic E-state index is 15.8. The summed E-state index contributed by atoms with van der Waals surface area (Å²) in [4.78, 5) is 66.2. The maximum absolute atomic E-state index is 15.8. The number of rotatable bonds is 13. The predicted octanol–water partition coefficient (Wildman–Crippen LogP) is 9.37. The Labute approximate surface area is 430 Å². The topological polar surface area (TPSA) is 175 Å². The van der Waals surface area contributed by atoms with E-state index in [0.717, 1.165) is 43.5 Å². The van der Waals surface area contributed by atoms with Gasteiger partial charge in [-0.1, -0.05) is 47.7 Å². The Morgan fingerprint density at radius 3 is 2.45 bits per heavy atom. The molecule has 0 bridgehead atoms. The van der Waals surface area contributed by atoms with E-state index in [9.17, 15) is 24.3 Å². The molecule has 3 aliphatic heterocycles. The number of thiazole rings is 1. The number of imide groups is 1. The van der Waals surface area contributed by atoms with Gasteiger partial charge in [-0.05, 0) is 128 Å². The lowest BCUT2D eigenvalue weighted by molar-refractivity contribution is -0.134. The van der Waals surface area contributed by atoms with Crippen LogP contribution >= 0.6 is 11.3 Å². The minimum Gasteiger partial charge on any atom is -0.490 e. The Bertz CT molecular complexity index is 3290. The van der Waals surface area contributed by atoms with Crippen molar-refractivity contribution in [2.75, 3.05) is 54.4 Å². The summed E-state index contributed by atoms with van der Waals surface area (Å²) in [5.41, 5.74) is 7.58. The number of anilines is 3. The Hall–Kier alpha value is -7.31. The number of para-hydroxylation sites is 1. The van der Waals surface area contributed by atoms with Gasteiger partial charge in [0.1, 0.15) is 11.6 Å². The fourth-order valence-electron chi connectivity index (χ4n) is 11.4. The van der Waals surface area contributed by atoms with Gasteiger partial charge in [-0.15, -0.1) is 0 Å². The number of fused-ring (bicyclic) bond motifs is 3. The monoisotopic (exact) mass is 1020 g/mol. The highest BCUT2D eigenvalue weighted by molar-refractivity contribution is 7.22. The van der Waals surface area contributed by atoms with E-state index in [1.165, 1.54) is 11.3 Å². The van der Waals surface area contributed by atoms with Gasteiger partial charge in [-0.2, -0.15) is 5.10 Å². The van der Waals surface area contributed by atoms with Gasteiger partial charge >= 0.3 is 5.97 Å². The molecule has 15 nitrogen and oxygen atoms in total. The number of aromatic carboxylic acids is 1. The first kappa shape index (κ1) is 48.9. The van der Waals surface area contributed by atoms with Gasteiger partial charge in [-0.25, -0.2) is 23.5 Å². The molecule has 3 N–H and O–H groups in total. The van der Waals surface area contributed by atoms with Crippen molar-refractivity contribution in [3.05, 3.63) is 125 Å². The van der Waals surface area contributed by atoms with Crippen molar-refractivity contribution in [1.29, 1.82) is 0 Å². The number of piperazine rings is 1. The first-order valence-corrected chi connectivity index (χ1v) is 26.2. The molecule has 0 radical (unpaired) electrons. The van der Waals surface area contributed by atoms with Crippen LogP contribution in [0.3, 0.4) is 0 Å². The summed E-state index contributed by atoms with van der Waals surface area (Å²) >= 11 is 1.41. The number of piperidine rings is 1. The maximum Gasteiger partial charge on any atom is 0.355 e. The molecule has 6 heterocycles. The molecule has 74 heavy (non-hydrogen) atoms. The third-order valence-corrected chi connectivity index (χ3v) is 16.3. The van der Waals surface area contributed by atoms with E-state index in [4.69, 9.17) is 9.72 Å². The van der Waals surface area contributed by atoms with Crippen molar-refractivity contribution in [2.24, 2.45) is 13.0 Å². The molecule has 1 unspecified atom stereocenters. The van der Waals surface area contributed by atoms with E-state index in [2.05, 4.69) is 25.6 Å². The van der Waals surface area contributed by atoms with E-state index in [1.807, 2.05) is 103 Å². The smallest absolute Gasteiger partial charge is 0.355 e. The summed E-state index contributed by atoms with van der Waals surface area (Å²) in [6.45, 7) is 4.81. The number of nitrogens with one attached hydrogen (secondary N) is 2. The molecule has 4 aromatic carbocycles. The van der Waals surface area contributed by atoms with Crippen molar-refractivity contribution in [3.63, 3.8) is 0 Å². The number of aryl methyl sites for hydroxylation is 1. The zero-order valence-corrected chi connectivity index (χ0v) is 42.1. The van der Waals surface area contributed by atoms with E-state index in [0.29, 0.717) is 117 Å². The Balaban J connectivity index is 0.681. The lowest BCUT2D eigenvalue weighted by atomic mass is 9.83. The average molecular weight is 1020 g/mol. The number of carboxylic acids is 1. The van der Waals surface area contributed by atoms with E-state index < -0.39 is 17.8 Å². The van der Waals surface area contributed by atoms with E-state index in [-0.39, 0.29) is 54.8 Å². The first-order chi connectivity index (χ1) is 35.7. The number of ether oxygens (including phenoxy) is 1. The molecule has 3 fully saturated rings. The summed E-state index contributed by atoms with van der Waals surface area (Å²) in [5.74, 6) is -4.35. The Kier molecular flexibility index (Phi) is 13.3. The molecule has 382 valence electrons. The van der Waals surface area contributed by atoms with Crippen LogP contribution in [-0.2, 0) is 29.6 Å². The second-order valence-electron chi connectivity index (χ2n) is 20.2. The number of amides is 3. The van der Waals surface area contributed by atoms with Crippen LogP contribution in [-0.4, -0.2) is 105 Å². The fraction of sp³-hybridized carbons (Fsp3) is 0.375. The summed E-state index contributed by atoms with van der Waals surface area (Å²) in [5, 5.41) is 22.0. The number of halogens is 2. The van der Waals surface area contributed by atoms with Crippen molar-refractivity contribution < 1.29 is 37.8 Å². The molecule has 3 aromatic heterocycles. The van der Waals surface area contributed by atoms with Gasteiger partial charge in [0.15, 0.2) is 10.8 Å². The van der Waals surface area contributed by atoms with Gasteiger partial charge in [0.05, 0.1) is 40.0 Å². The standard InChI is InChI=1S/C56H57F2N9O6S/c1-33-38(39-19-21-48(60-51(39)54(71)72)67-24-23-35-7-5-9-40(43(35)31-67)52(69)62-55-59-44-10-3-4-12-47(44)74-55)8-6-11-46(33)73-37-16-13-34(14-17-37)30-56(57,58)32-65-25-27-66(28-26-65)36-15-18-41-45(29-36)64(2)63-50(41)42-20-22-49(68)61-53(42)70/h3-12,15,18-19,21,29,34,37,42H,13-14,16-17,20,22-28,30-32H2,1-2H3,(H,71,72)(H,59,62,69)(H,61,68,70). The van der Waals surface area contributed by atoms with Crippen molar-refractivity contribution in [3.8, 4) is 16.9 Å². The largest absolute Gasteiger partial charge is 0.490 e. The lowest BCUT2D eigenvalue weighted by Crippen LogP contribution is -2.50. The average Bonchev–Trinajstić information content (AvgIpc) is 3.96. The van der Waals surface area contributed by atoms with Crippen molar-refractivity contribution in [1.82, 2.24) is 30.0 Å². The van der Waals surface area contributed by atoms with Crippen LogP contribution in [0, 0.1) is 12.8 Å². The SMILES string of the molecule is Cc1c(OC2CCC(CC(F)(F)CN3CCN(c4ccc5c(C6CCC(=O)NC6=O)nn(C)c5c4)CC3)CC2)cccc1-c1ccc(N2CCc3cccc(C(=O)Nc4nc5ccccc5s4)c3C2)nc1C(=O)O. The number of nitrogens with zero attached hydrogens (tertiary/aromatic N) is 7. The molecule has 1 saturated carbocycles. The van der Waals surface area contributed by atoms with E-state index >= 15 is 8.78 Å². The number of pyridine rings is 1. The van der Waals surface area contributed by atoms with Crippen molar-refractivity contribution in [2.45, 2.75) is 82.8 Å². The lowest BCUT2D eigenvalue weighted by Gasteiger charge is -2.38. The first-order valence-electron chi connectivity index (χ1n) is 25.4. The minimum absolute atomic E-state index is 0.0928. The van der Waals surface area contributed by atoms with Gasteiger partial charge in [0, 0.05) is 81.4 Å². The molecule has 0 spiro atoms. The molecule has 3 amide bonds. The van der Waals surface area contributed by atoms with Crippen LogP contribution in [0.2, 0.25) is 0 Å². The number of hydrogen-bond donors (Lipinski definition) is 3. The highest BCUT2D eigenvalue weighted by Crippen LogP contribution is 2.40. The third-order valence-electron chi connectivity index (χ3n) is 15.3. The van der Waals surface area contributed by atoms with Crippen molar-refractivity contribution >= 4 is 72.8 Å². The Morgan fingerprint density at radius 2 is 1.66 bits per heavy atom. The fourth-order valence-corrected chi connectivity index (χ4v) is 12.3. The van der Waals surface area contributed by atoms with Gasteiger partial charge < -0.3 is 19.6 Å². The molecule has 2 saturated heterocycles. The summed E-state index contributed by atoms with van der Waals surface area (Å²) < 4.78 is 40.8. The molecule has 1 aliphatic carbocycles. The molecule has 4 aliphatic rings. The molecular formula is C56H57F2N9O6S. The van der Waals surface area contributed by atoms with Crippen LogP contribution in [0.15, 0.2) is 91.0 Å². The highest BCUT2D eigenvalue weighted by Gasteiger charge is 2.38. The quantitative estimate of drug-likeness (QED) is 0.0936. The van der Waals surface area contributed by atoms with Crippen LogP contribution in [0.25, 0.3) is 32.2 Å². The second-order valence-corrected chi connectivity index (χ2v) is 21.2. The summed E-state index contributed by atoms with van der Waals surface area (Å²) in [6.07, 6.45) is 3.54. The molecule has 18 heteroatoms. The third kappa shape index (κ3) is 10.0. The minimum atomic E-state index is -2.84. The van der Waals surface area contributed by atoms with E-state index in [1.54, 1.807) is 16.8 Å². The van der Waals surface area contributed by atoms with Crippen LogP contribution < -0.4 is 25.2 Å². The zero-order chi connectivity index (χ0) is 51.3. The number of carbonyl (C=O) groups is 4. The van der Waals surface area contributed by atoms with Crippen LogP contribution in [0.5, 0.6) is 5.75 Å². The molecule has 1 atom stereocenters. The number of alkyl halides is 2. The number of carbonyl (C=O) groups excluding carboxylic acids is 3. The summed E-state index contributed by atoms with van der Waals surface area (Å²) in [7, 11) is 1.84.